The molecule has 0 radical (unpaired) electrons. The maximum Gasteiger partial charge on any atom is 0.234 e. The van der Waals surface area contributed by atoms with Gasteiger partial charge in [-0.15, -0.1) is 0 Å². The van der Waals surface area contributed by atoms with E-state index in [2.05, 4.69) is 21.6 Å². The van der Waals surface area contributed by atoms with E-state index in [-0.39, 0.29) is 23.9 Å². The smallest absolute Gasteiger partial charge is 0.234 e. The molecule has 1 unspecified atom stereocenters. The number of carbonyl (C=O) groups is 2. The molecule has 2 amide bonds. The maximum absolute atomic E-state index is 12.6. The average molecular weight is 379 g/mol. The topological polar surface area (TPSA) is 64.7 Å². The molecule has 26 heavy (non-hydrogen) atoms. The molecule has 2 heterocycles. The lowest BCUT2D eigenvalue weighted by molar-refractivity contribution is -0.130. The van der Waals surface area contributed by atoms with Crippen LogP contribution in [0.4, 0.5) is 0 Å². The van der Waals surface area contributed by atoms with Gasteiger partial charge in [-0.2, -0.15) is 0 Å². The summed E-state index contributed by atoms with van der Waals surface area (Å²) in [7, 11) is 0. The summed E-state index contributed by atoms with van der Waals surface area (Å²) in [4.78, 5) is 28.0. The van der Waals surface area contributed by atoms with Gasteiger partial charge in [-0.05, 0) is 30.5 Å². The van der Waals surface area contributed by atoms with E-state index in [0.29, 0.717) is 6.54 Å². The van der Waals surface area contributed by atoms with Crippen molar-refractivity contribution in [2.45, 2.75) is 31.8 Å². The van der Waals surface area contributed by atoms with Crippen LogP contribution in [-0.4, -0.2) is 66.9 Å². The monoisotopic (exact) mass is 378 g/mol. The Bertz CT molecular complexity index is 646. The van der Waals surface area contributed by atoms with Crippen LogP contribution < -0.4 is 10.6 Å². The normalized spacial score (nSPS) is 22.2. The summed E-state index contributed by atoms with van der Waals surface area (Å²) < 4.78 is 0. The number of benzene rings is 1. The summed E-state index contributed by atoms with van der Waals surface area (Å²) in [6, 6.07) is 8.16. The van der Waals surface area contributed by atoms with Crippen LogP contribution in [0.25, 0.3) is 0 Å². The van der Waals surface area contributed by atoms with Gasteiger partial charge >= 0.3 is 0 Å². The molecule has 0 aliphatic carbocycles. The number of piperidine rings is 1. The van der Waals surface area contributed by atoms with Crippen molar-refractivity contribution < 1.29 is 9.59 Å². The Balaban J connectivity index is 1.54. The summed E-state index contributed by atoms with van der Waals surface area (Å²) in [6.07, 6.45) is 1.65. The van der Waals surface area contributed by atoms with Crippen LogP contribution in [0.15, 0.2) is 24.3 Å². The molecule has 0 aromatic heterocycles. The molecule has 2 saturated heterocycles. The second-order valence-electron chi connectivity index (χ2n) is 7.09. The van der Waals surface area contributed by atoms with Crippen LogP contribution in [0.2, 0.25) is 5.02 Å². The quantitative estimate of drug-likeness (QED) is 0.831. The fraction of sp³-hybridized carbons (Fsp3) is 0.579. The van der Waals surface area contributed by atoms with Gasteiger partial charge in [0.05, 0.1) is 6.54 Å². The van der Waals surface area contributed by atoms with Crippen LogP contribution in [0.5, 0.6) is 0 Å². The van der Waals surface area contributed by atoms with Gasteiger partial charge in [-0.25, -0.2) is 0 Å². The minimum atomic E-state index is 0.0557. The van der Waals surface area contributed by atoms with Gasteiger partial charge < -0.3 is 15.5 Å². The van der Waals surface area contributed by atoms with E-state index in [9.17, 15) is 9.59 Å². The van der Waals surface area contributed by atoms with Crippen molar-refractivity contribution in [3.05, 3.63) is 34.9 Å². The highest BCUT2D eigenvalue weighted by Gasteiger charge is 2.27. The Morgan fingerprint density at radius 2 is 2.04 bits per heavy atom. The highest BCUT2D eigenvalue weighted by Crippen LogP contribution is 2.24. The molecule has 2 fully saturated rings. The molecule has 1 aromatic rings. The SMILES string of the molecule is CC(=O)N1CCC(NC(=O)CN2CCNCC2c2cccc(Cl)c2)CC1. The maximum atomic E-state index is 12.6. The number of rotatable bonds is 4. The van der Waals surface area contributed by atoms with Crippen LogP contribution in [0, 0.1) is 0 Å². The molecule has 0 saturated carbocycles. The van der Waals surface area contributed by atoms with E-state index in [1.807, 2.05) is 23.1 Å². The Hall–Kier alpha value is -1.63. The first-order chi connectivity index (χ1) is 12.5. The number of hydrogen-bond acceptors (Lipinski definition) is 4. The molecular weight excluding hydrogens is 352 g/mol. The number of nitrogens with one attached hydrogen (secondary N) is 2. The van der Waals surface area contributed by atoms with Gasteiger partial charge in [0, 0.05) is 56.8 Å². The highest BCUT2D eigenvalue weighted by molar-refractivity contribution is 6.30. The zero-order valence-electron chi connectivity index (χ0n) is 15.2. The van der Waals surface area contributed by atoms with Crippen LogP contribution in [-0.2, 0) is 9.59 Å². The minimum Gasteiger partial charge on any atom is -0.352 e. The summed E-state index contributed by atoms with van der Waals surface area (Å²) >= 11 is 6.13. The van der Waals surface area contributed by atoms with Crippen molar-refractivity contribution in [3.8, 4) is 0 Å². The fourth-order valence-corrected chi connectivity index (χ4v) is 3.97. The Morgan fingerprint density at radius 1 is 1.27 bits per heavy atom. The molecule has 1 aromatic carbocycles. The second-order valence-corrected chi connectivity index (χ2v) is 7.53. The average Bonchev–Trinajstić information content (AvgIpc) is 2.62. The molecule has 2 aliphatic rings. The standard InChI is InChI=1S/C19H27ClN4O2/c1-14(25)23-8-5-17(6-9-23)22-19(26)13-24-10-7-21-12-18(24)15-3-2-4-16(20)11-15/h2-4,11,17-18,21H,5-10,12-13H2,1H3,(H,22,26). The lowest BCUT2D eigenvalue weighted by atomic mass is 10.0. The van der Waals surface area contributed by atoms with Gasteiger partial charge in [0.2, 0.25) is 11.8 Å². The highest BCUT2D eigenvalue weighted by atomic mass is 35.5. The van der Waals surface area contributed by atoms with E-state index >= 15 is 0 Å². The van der Waals surface area contributed by atoms with Gasteiger partial charge in [-0.1, -0.05) is 23.7 Å². The molecule has 7 heteroatoms. The predicted molar refractivity (Wildman–Crippen MR) is 102 cm³/mol. The molecule has 2 aliphatic heterocycles. The van der Waals surface area contributed by atoms with E-state index in [0.717, 1.165) is 56.2 Å². The van der Waals surface area contributed by atoms with Crippen molar-refractivity contribution >= 4 is 23.4 Å². The van der Waals surface area contributed by atoms with E-state index < -0.39 is 0 Å². The number of hydrogen-bond donors (Lipinski definition) is 2. The largest absolute Gasteiger partial charge is 0.352 e. The lowest BCUT2D eigenvalue weighted by Gasteiger charge is -2.37. The molecule has 2 N–H and O–H groups in total. The minimum absolute atomic E-state index is 0.0557. The molecule has 142 valence electrons. The van der Waals surface area contributed by atoms with Gasteiger partial charge in [0.1, 0.15) is 0 Å². The third kappa shape index (κ3) is 4.96. The third-order valence-electron chi connectivity index (χ3n) is 5.24. The molecule has 6 nitrogen and oxygen atoms in total. The summed E-state index contributed by atoms with van der Waals surface area (Å²) in [6.45, 7) is 5.93. The number of amides is 2. The number of piperazine rings is 1. The summed E-state index contributed by atoms with van der Waals surface area (Å²) in [5.41, 5.74) is 1.13. The van der Waals surface area contributed by atoms with Crippen molar-refractivity contribution in [1.29, 1.82) is 0 Å². The van der Waals surface area contributed by atoms with Crippen molar-refractivity contribution in [2.24, 2.45) is 0 Å². The summed E-state index contributed by atoms with van der Waals surface area (Å²) in [5.74, 6) is 0.167. The Morgan fingerprint density at radius 3 is 2.73 bits per heavy atom. The zero-order chi connectivity index (χ0) is 18.5. The fourth-order valence-electron chi connectivity index (χ4n) is 3.77. The van der Waals surface area contributed by atoms with Gasteiger partial charge in [0.15, 0.2) is 0 Å². The predicted octanol–water partition coefficient (Wildman–Crippen LogP) is 1.41. The zero-order valence-corrected chi connectivity index (χ0v) is 16.0. The van der Waals surface area contributed by atoms with Crippen LogP contribution in [0.3, 0.4) is 0 Å². The Labute approximate surface area is 159 Å². The van der Waals surface area contributed by atoms with Gasteiger partial charge in [-0.3, -0.25) is 14.5 Å². The van der Waals surface area contributed by atoms with Crippen LogP contribution in [0.1, 0.15) is 31.4 Å². The Kier molecular flexibility index (Phi) is 6.51. The molecule has 1 atom stereocenters. The van der Waals surface area contributed by atoms with E-state index in [1.165, 1.54) is 0 Å². The number of likely N-dealkylation sites (tertiary alicyclic amines) is 1. The van der Waals surface area contributed by atoms with Gasteiger partial charge in [0.25, 0.3) is 0 Å². The van der Waals surface area contributed by atoms with E-state index in [4.69, 9.17) is 11.6 Å². The number of halogens is 1. The molecule has 3 rings (SSSR count). The van der Waals surface area contributed by atoms with Crippen molar-refractivity contribution in [3.63, 3.8) is 0 Å². The first kappa shape index (κ1) is 19.1. The lowest BCUT2D eigenvalue weighted by Crippen LogP contribution is -2.52. The first-order valence-electron chi connectivity index (χ1n) is 9.28. The van der Waals surface area contributed by atoms with E-state index in [1.54, 1.807) is 6.92 Å². The second kappa shape index (κ2) is 8.84. The van der Waals surface area contributed by atoms with Crippen molar-refractivity contribution in [2.75, 3.05) is 39.3 Å². The molecular formula is C19H27ClN4O2. The number of nitrogens with zero attached hydrogens (tertiary/aromatic N) is 2. The van der Waals surface area contributed by atoms with Crippen LogP contribution >= 0.6 is 11.6 Å². The third-order valence-corrected chi connectivity index (χ3v) is 5.47. The van der Waals surface area contributed by atoms with Crippen molar-refractivity contribution in [1.82, 2.24) is 20.4 Å². The number of carbonyl (C=O) groups excluding carboxylic acids is 2. The molecule has 0 bridgehead atoms. The first-order valence-corrected chi connectivity index (χ1v) is 9.66. The molecule has 0 spiro atoms. The summed E-state index contributed by atoms with van der Waals surface area (Å²) in [5, 5.41) is 7.26.